The molecule has 2 aromatic heterocycles. The van der Waals surface area contributed by atoms with E-state index in [4.69, 9.17) is 0 Å². The smallest absolute Gasteiger partial charge is 0.477 e. The number of fused-ring (bicyclic) bond motifs is 1. The van der Waals surface area contributed by atoms with Gasteiger partial charge in [-0.1, -0.05) is 18.2 Å². The van der Waals surface area contributed by atoms with Gasteiger partial charge in [0.1, 0.15) is 10.6 Å². The van der Waals surface area contributed by atoms with Gasteiger partial charge >= 0.3 is 12.3 Å². The zero-order chi connectivity index (χ0) is 23.1. The summed E-state index contributed by atoms with van der Waals surface area (Å²) in [7, 11) is -4.83. The summed E-state index contributed by atoms with van der Waals surface area (Å²) in [6.07, 6.45) is -1.61. The van der Waals surface area contributed by atoms with E-state index >= 15 is 0 Å². The summed E-state index contributed by atoms with van der Waals surface area (Å²) in [4.78, 5) is 15.6. The van der Waals surface area contributed by atoms with Crippen LogP contribution in [0.3, 0.4) is 0 Å². The summed E-state index contributed by atoms with van der Waals surface area (Å²) in [6, 6.07) is 6.94. The summed E-state index contributed by atoms with van der Waals surface area (Å²) in [5, 5.41) is 13.1. The maximum Gasteiger partial charge on any atom is 0.573 e. The van der Waals surface area contributed by atoms with Gasteiger partial charge in [-0.3, -0.25) is 4.98 Å². The quantitative estimate of drug-likeness (QED) is 0.593. The van der Waals surface area contributed by atoms with Crippen LogP contribution in [0.2, 0.25) is 0 Å². The SMILES string of the molecule is O=C(O)c1c(C2=CCNCC2)c2ncccc2n1S(=O)(=O)c1ccccc1OC(F)(F)F. The molecule has 0 radical (unpaired) electrons. The van der Waals surface area contributed by atoms with Crippen LogP contribution < -0.4 is 10.1 Å². The number of aromatic nitrogens is 2. The average Bonchev–Trinajstić information content (AvgIpc) is 3.10. The van der Waals surface area contributed by atoms with Crippen molar-refractivity contribution in [3.8, 4) is 5.75 Å². The van der Waals surface area contributed by atoms with Crippen LogP contribution in [0.25, 0.3) is 16.6 Å². The third kappa shape index (κ3) is 3.82. The molecule has 4 rings (SSSR count). The molecule has 0 aliphatic carbocycles. The Kier molecular flexibility index (Phi) is 5.42. The molecule has 0 amide bonds. The summed E-state index contributed by atoms with van der Waals surface area (Å²) in [5.41, 5.74) is 0.150. The van der Waals surface area contributed by atoms with Crippen molar-refractivity contribution in [3.63, 3.8) is 0 Å². The van der Waals surface area contributed by atoms with E-state index in [-0.39, 0.29) is 16.6 Å². The standard InChI is InChI=1S/C20H16F3N3O5S/c21-20(22,23)31-14-5-1-2-6-15(14)32(29,30)26-13-4-3-9-25-17(13)16(18(26)19(27)28)12-7-10-24-11-8-12/h1-7,9,24H,8,10-11H2,(H,27,28). The van der Waals surface area contributed by atoms with Crippen molar-refractivity contribution in [3.05, 3.63) is 59.9 Å². The molecule has 0 bridgehead atoms. The van der Waals surface area contributed by atoms with Crippen LogP contribution in [-0.2, 0) is 10.0 Å². The topological polar surface area (TPSA) is 111 Å². The third-order valence-electron chi connectivity index (χ3n) is 4.86. The number of nitrogens with zero attached hydrogens (tertiary/aromatic N) is 2. The average molecular weight is 467 g/mol. The molecule has 168 valence electrons. The van der Waals surface area contributed by atoms with Crippen molar-refractivity contribution < 1.29 is 36.2 Å². The summed E-state index contributed by atoms with van der Waals surface area (Å²) < 4.78 is 70.2. The van der Waals surface area contributed by atoms with Gasteiger partial charge in [-0.15, -0.1) is 13.2 Å². The molecule has 0 fully saturated rings. The Bertz CT molecular complexity index is 1350. The number of hydrogen-bond acceptors (Lipinski definition) is 6. The van der Waals surface area contributed by atoms with Gasteiger partial charge in [0.2, 0.25) is 0 Å². The molecule has 1 aromatic carbocycles. The molecule has 0 atom stereocenters. The highest BCUT2D eigenvalue weighted by Crippen LogP contribution is 2.38. The Morgan fingerprint density at radius 2 is 1.94 bits per heavy atom. The predicted octanol–water partition coefficient (Wildman–Crippen LogP) is 3.25. The predicted molar refractivity (Wildman–Crippen MR) is 108 cm³/mol. The number of carboxylic acid groups (broad SMARTS) is 1. The van der Waals surface area contributed by atoms with Crippen molar-refractivity contribution in [2.45, 2.75) is 17.7 Å². The highest BCUT2D eigenvalue weighted by Gasteiger charge is 2.37. The van der Waals surface area contributed by atoms with Crippen molar-refractivity contribution in [1.82, 2.24) is 14.3 Å². The fourth-order valence-electron chi connectivity index (χ4n) is 3.66. The first-order valence-corrected chi connectivity index (χ1v) is 10.8. The second-order valence-electron chi connectivity index (χ2n) is 6.85. The minimum absolute atomic E-state index is 0.0684. The van der Waals surface area contributed by atoms with E-state index in [1.54, 1.807) is 6.08 Å². The summed E-state index contributed by atoms with van der Waals surface area (Å²) in [6.45, 7) is 0.988. The van der Waals surface area contributed by atoms with E-state index < -0.39 is 38.7 Å². The van der Waals surface area contributed by atoms with Crippen LogP contribution >= 0.6 is 0 Å². The molecule has 32 heavy (non-hydrogen) atoms. The van der Waals surface area contributed by atoms with Gasteiger partial charge in [0, 0.05) is 18.3 Å². The van der Waals surface area contributed by atoms with Crippen molar-refractivity contribution >= 4 is 32.6 Å². The van der Waals surface area contributed by atoms with Gasteiger partial charge in [0.25, 0.3) is 10.0 Å². The lowest BCUT2D eigenvalue weighted by Gasteiger charge is -2.16. The van der Waals surface area contributed by atoms with Gasteiger partial charge < -0.3 is 15.2 Å². The molecule has 3 heterocycles. The Hall–Kier alpha value is -3.38. The summed E-state index contributed by atoms with van der Waals surface area (Å²) in [5.74, 6) is -2.53. The second-order valence-corrected chi connectivity index (χ2v) is 8.60. The zero-order valence-electron chi connectivity index (χ0n) is 16.3. The van der Waals surface area contributed by atoms with Gasteiger partial charge in [-0.05, 0) is 42.8 Å². The fraction of sp³-hybridized carbons (Fsp3) is 0.200. The Morgan fingerprint density at radius 1 is 1.19 bits per heavy atom. The number of rotatable bonds is 5. The lowest BCUT2D eigenvalue weighted by Crippen LogP contribution is -2.23. The summed E-state index contributed by atoms with van der Waals surface area (Å²) >= 11 is 0. The Balaban J connectivity index is 2.05. The second kappa shape index (κ2) is 7.95. The molecule has 8 nitrogen and oxygen atoms in total. The van der Waals surface area contributed by atoms with Gasteiger partial charge in [-0.25, -0.2) is 17.2 Å². The maximum atomic E-state index is 13.6. The van der Waals surface area contributed by atoms with E-state index in [0.29, 0.717) is 29.1 Å². The number of halogens is 3. The zero-order valence-corrected chi connectivity index (χ0v) is 17.1. The highest BCUT2D eigenvalue weighted by atomic mass is 32.2. The molecular weight excluding hydrogens is 451 g/mol. The number of nitrogens with one attached hydrogen (secondary N) is 1. The van der Waals surface area contributed by atoms with E-state index in [1.165, 1.54) is 30.5 Å². The van der Waals surface area contributed by atoms with Crippen molar-refractivity contribution in [2.24, 2.45) is 0 Å². The van der Waals surface area contributed by atoms with Gasteiger partial charge in [-0.2, -0.15) is 0 Å². The normalized spacial score (nSPS) is 14.9. The maximum absolute atomic E-state index is 13.6. The number of hydrogen-bond donors (Lipinski definition) is 2. The number of aromatic carboxylic acids is 1. The van der Waals surface area contributed by atoms with E-state index in [9.17, 15) is 31.5 Å². The highest BCUT2D eigenvalue weighted by molar-refractivity contribution is 7.90. The fourth-order valence-corrected chi connectivity index (χ4v) is 5.28. The first-order valence-electron chi connectivity index (χ1n) is 9.34. The molecule has 0 saturated heterocycles. The number of para-hydroxylation sites is 1. The molecule has 1 aliphatic rings. The van der Waals surface area contributed by atoms with Crippen LogP contribution in [0, 0.1) is 0 Å². The number of benzene rings is 1. The van der Waals surface area contributed by atoms with Crippen LogP contribution in [0.1, 0.15) is 22.5 Å². The lowest BCUT2D eigenvalue weighted by atomic mass is 9.99. The minimum atomic E-state index is -5.15. The van der Waals surface area contributed by atoms with Crippen LogP contribution in [0.5, 0.6) is 5.75 Å². The molecule has 0 unspecified atom stereocenters. The van der Waals surface area contributed by atoms with E-state index in [2.05, 4.69) is 15.0 Å². The lowest BCUT2D eigenvalue weighted by molar-refractivity contribution is -0.275. The molecule has 12 heteroatoms. The third-order valence-corrected chi connectivity index (χ3v) is 6.62. The van der Waals surface area contributed by atoms with Crippen LogP contribution in [0.15, 0.2) is 53.6 Å². The van der Waals surface area contributed by atoms with Crippen molar-refractivity contribution in [2.75, 3.05) is 13.1 Å². The van der Waals surface area contributed by atoms with Crippen LogP contribution in [-0.4, -0.2) is 47.9 Å². The molecule has 0 spiro atoms. The van der Waals surface area contributed by atoms with Crippen LogP contribution in [0.4, 0.5) is 13.2 Å². The molecule has 3 aromatic rings. The number of pyridine rings is 1. The Labute approximate surface area is 180 Å². The monoisotopic (exact) mass is 467 g/mol. The molecule has 0 saturated carbocycles. The first kappa shape index (κ1) is 21.8. The van der Waals surface area contributed by atoms with Gasteiger partial charge in [0.15, 0.2) is 5.69 Å². The van der Waals surface area contributed by atoms with Crippen molar-refractivity contribution in [1.29, 1.82) is 0 Å². The first-order chi connectivity index (χ1) is 15.1. The van der Waals surface area contributed by atoms with Gasteiger partial charge in [0.05, 0.1) is 11.0 Å². The molecule has 1 aliphatic heterocycles. The number of ether oxygens (including phenoxy) is 1. The molecule has 2 N–H and O–H groups in total. The number of alkyl halides is 3. The molecular formula is C20H16F3N3O5S. The van der Waals surface area contributed by atoms with E-state index in [0.717, 1.165) is 12.1 Å². The van der Waals surface area contributed by atoms with E-state index in [1.807, 2.05) is 0 Å². The minimum Gasteiger partial charge on any atom is -0.477 e. The number of carbonyl (C=O) groups is 1. The number of carboxylic acids is 1. The largest absolute Gasteiger partial charge is 0.573 e. The Morgan fingerprint density at radius 3 is 2.59 bits per heavy atom.